The smallest absolute Gasteiger partial charge is 0.305 e. The molecule has 0 aromatic heterocycles. The van der Waals surface area contributed by atoms with Gasteiger partial charge < -0.3 is 20.1 Å². The van der Waals surface area contributed by atoms with Gasteiger partial charge in [0.05, 0.1) is 19.3 Å². The van der Waals surface area contributed by atoms with Crippen molar-refractivity contribution in [2.75, 3.05) is 7.11 Å². The molecule has 0 fully saturated rings. The predicted molar refractivity (Wildman–Crippen MR) is 84.7 cm³/mol. The van der Waals surface area contributed by atoms with Crippen LogP contribution in [0.4, 0.5) is 0 Å². The van der Waals surface area contributed by atoms with E-state index in [0.717, 1.165) is 19.3 Å². The number of nitrogens with one attached hydrogen (secondary N) is 1. The Morgan fingerprint density at radius 1 is 1.13 bits per heavy atom. The molecule has 134 valence electrons. The summed E-state index contributed by atoms with van der Waals surface area (Å²) in [5.41, 5.74) is 2.33. The molecule has 8 nitrogen and oxygen atoms in total. The van der Waals surface area contributed by atoms with Crippen molar-refractivity contribution in [3.63, 3.8) is 0 Å². The van der Waals surface area contributed by atoms with Crippen molar-refractivity contribution in [2.24, 2.45) is 5.10 Å². The van der Waals surface area contributed by atoms with Gasteiger partial charge in [-0.3, -0.25) is 9.59 Å². The Morgan fingerprint density at radius 2 is 1.74 bits per heavy atom. The van der Waals surface area contributed by atoms with E-state index in [1.807, 2.05) is 0 Å². The van der Waals surface area contributed by atoms with Crippen LogP contribution >= 0.6 is 0 Å². The van der Waals surface area contributed by atoms with Gasteiger partial charge in [-0.25, -0.2) is 5.43 Å². The molecule has 1 amide bonds. The van der Waals surface area contributed by atoms with Crippen LogP contribution < -0.4 is 5.43 Å². The fourth-order valence-electron chi connectivity index (χ4n) is 1.81. The third kappa shape index (κ3) is 11.7. The molecule has 0 aliphatic rings. The highest BCUT2D eigenvalue weighted by Gasteiger charge is 2.19. The number of ether oxygens (including phenoxy) is 1. The number of methoxy groups -OCH3 is 1. The number of hydrogen-bond acceptors (Lipinski definition) is 7. The summed E-state index contributed by atoms with van der Waals surface area (Å²) in [6, 6.07) is 0. The summed E-state index contributed by atoms with van der Waals surface area (Å²) in [5, 5.41) is 31.6. The minimum atomic E-state index is -1.25. The molecule has 0 aliphatic carbocycles. The third-order valence-corrected chi connectivity index (χ3v) is 3.28. The Balaban J connectivity index is 3.63. The van der Waals surface area contributed by atoms with Gasteiger partial charge in [-0.05, 0) is 19.8 Å². The van der Waals surface area contributed by atoms with E-state index in [-0.39, 0.29) is 18.3 Å². The average molecular weight is 332 g/mol. The molecule has 0 rings (SSSR count). The second kappa shape index (κ2) is 13.0. The lowest BCUT2D eigenvalue weighted by Gasteiger charge is -2.18. The number of amides is 1. The lowest BCUT2D eigenvalue weighted by molar-refractivity contribution is -0.140. The molecule has 0 heterocycles. The number of nitrogens with zero attached hydrogens (tertiary/aromatic N) is 1. The highest BCUT2D eigenvalue weighted by atomic mass is 16.5. The number of aliphatic hydroxyl groups excluding tert-OH is 3. The Morgan fingerprint density at radius 3 is 2.30 bits per heavy atom. The zero-order chi connectivity index (χ0) is 17.7. The van der Waals surface area contributed by atoms with Gasteiger partial charge in [0.15, 0.2) is 0 Å². The van der Waals surface area contributed by atoms with E-state index in [1.165, 1.54) is 20.2 Å². The molecule has 0 radical (unpaired) electrons. The zero-order valence-corrected chi connectivity index (χ0v) is 13.8. The first-order valence-electron chi connectivity index (χ1n) is 7.79. The molecular formula is C15H28N2O6. The Bertz CT molecular complexity index is 373. The maximum absolute atomic E-state index is 11.5. The normalized spacial score (nSPS) is 15.2. The van der Waals surface area contributed by atoms with Crippen molar-refractivity contribution in [3.05, 3.63) is 0 Å². The maximum atomic E-state index is 11.5. The van der Waals surface area contributed by atoms with Crippen molar-refractivity contribution < 1.29 is 29.6 Å². The van der Waals surface area contributed by atoms with E-state index in [1.54, 1.807) is 0 Å². The fraction of sp³-hybridized carbons (Fsp3) is 0.800. The first-order valence-corrected chi connectivity index (χ1v) is 7.79. The van der Waals surface area contributed by atoms with E-state index < -0.39 is 18.3 Å². The van der Waals surface area contributed by atoms with Crippen molar-refractivity contribution in [1.82, 2.24) is 5.43 Å². The van der Waals surface area contributed by atoms with Gasteiger partial charge in [0.2, 0.25) is 5.91 Å². The number of unbranched alkanes of at least 4 members (excludes halogenated alkanes) is 3. The minimum absolute atomic E-state index is 0.0277. The first-order chi connectivity index (χ1) is 10.9. The van der Waals surface area contributed by atoms with E-state index in [9.17, 15) is 19.8 Å². The monoisotopic (exact) mass is 332 g/mol. The number of carbonyl (C=O) groups is 2. The van der Waals surface area contributed by atoms with Crippen molar-refractivity contribution in [1.29, 1.82) is 0 Å². The summed E-state index contributed by atoms with van der Waals surface area (Å²) in [6.45, 7) is 1.37. The summed E-state index contributed by atoms with van der Waals surface area (Å²) in [5.74, 6) is -0.459. The SMILES string of the molecule is COC(=O)CCCCCCC(=O)N/N=C/C[C@H](O)[C@H](O)[C@@H](C)O. The van der Waals surface area contributed by atoms with Crippen LogP contribution in [0.5, 0.6) is 0 Å². The van der Waals surface area contributed by atoms with Gasteiger partial charge >= 0.3 is 5.97 Å². The largest absolute Gasteiger partial charge is 0.469 e. The number of hydrazone groups is 1. The second-order valence-electron chi connectivity index (χ2n) is 5.37. The zero-order valence-electron chi connectivity index (χ0n) is 13.8. The number of carbonyl (C=O) groups excluding carboxylic acids is 2. The topological polar surface area (TPSA) is 128 Å². The molecular weight excluding hydrogens is 304 g/mol. The molecule has 0 bridgehead atoms. The number of hydrogen-bond donors (Lipinski definition) is 4. The highest BCUT2D eigenvalue weighted by molar-refractivity contribution is 5.76. The molecule has 0 aromatic rings. The standard InChI is InChI=1S/C15H28N2O6/c1-11(18)15(22)12(19)9-10-16-17-13(20)7-5-3-4-6-8-14(21)23-2/h10-12,15,18-19,22H,3-9H2,1-2H3,(H,17,20)/b16-10+/t11-,12+,15-/m1/s1. The molecule has 0 aliphatic heterocycles. The van der Waals surface area contributed by atoms with E-state index in [0.29, 0.717) is 19.3 Å². The number of aliphatic hydroxyl groups is 3. The summed E-state index contributed by atoms with van der Waals surface area (Å²) >= 11 is 0. The van der Waals surface area contributed by atoms with Gasteiger partial charge in [0.25, 0.3) is 0 Å². The molecule has 8 heteroatoms. The molecule has 4 N–H and O–H groups in total. The molecule has 0 saturated heterocycles. The fourth-order valence-corrected chi connectivity index (χ4v) is 1.81. The lowest BCUT2D eigenvalue weighted by atomic mass is 10.1. The predicted octanol–water partition coefficient (Wildman–Crippen LogP) is 0.0947. The van der Waals surface area contributed by atoms with Crippen molar-refractivity contribution in [3.8, 4) is 0 Å². The Hall–Kier alpha value is -1.51. The van der Waals surface area contributed by atoms with Crippen LogP contribution in [0.25, 0.3) is 0 Å². The summed E-state index contributed by atoms with van der Waals surface area (Å²) < 4.78 is 4.53. The second-order valence-corrected chi connectivity index (χ2v) is 5.37. The Kier molecular flexibility index (Phi) is 12.1. The molecule has 3 atom stereocenters. The van der Waals surface area contributed by atoms with E-state index in [4.69, 9.17) is 5.11 Å². The van der Waals surface area contributed by atoms with Crippen molar-refractivity contribution >= 4 is 18.1 Å². The van der Waals surface area contributed by atoms with Gasteiger partial charge in [0, 0.05) is 25.5 Å². The molecule has 0 aromatic carbocycles. The van der Waals surface area contributed by atoms with Crippen molar-refractivity contribution in [2.45, 2.75) is 70.2 Å². The molecule has 23 heavy (non-hydrogen) atoms. The summed E-state index contributed by atoms with van der Waals surface area (Å²) in [4.78, 5) is 22.3. The molecule has 0 saturated carbocycles. The van der Waals surface area contributed by atoms with Crippen LogP contribution in [0, 0.1) is 0 Å². The van der Waals surface area contributed by atoms with Crippen LogP contribution in [0.1, 0.15) is 51.9 Å². The van der Waals surface area contributed by atoms with Gasteiger partial charge in [-0.2, -0.15) is 5.10 Å². The average Bonchev–Trinajstić information content (AvgIpc) is 2.53. The molecule has 0 spiro atoms. The van der Waals surface area contributed by atoms with Crippen LogP contribution in [0.3, 0.4) is 0 Å². The van der Waals surface area contributed by atoms with Crippen LogP contribution in [-0.2, 0) is 14.3 Å². The first kappa shape index (κ1) is 21.5. The highest BCUT2D eigenvalue weighted by Crippen LogP contribution is 2.06. The van der Waals surface area contributed by atoms with Crippen LogP contribution in [0.2, 0.25) is 0 Å². The minimum Gasteiger partial charge on any atom is -0.469 e. The quantitative estimate of drug-likeness (QED) is 0.174. The molecule has 0 unspecified atom stereocenters. The van der Waals surface area contributed by atoms with Gasteiger partial charge in [0.1, 0.15) is 6.10 Å². The van der Waals surface area contributed by atoms with E-state index in [2.05, 4.69) is 15.3 Å². The maximum Gasteiger partial charge on any atom is 0.305 e. The Labute approximate surface area is 136 Å². The lowest BCUT2D eigenvalue weighted by Crippen LogP contribution is -2.35. The van der Waals surface area contributed by atoms with Gasteiger partial charge in [-0.15, -0.1) is 0 Å². The van der Waals surface area contributed by atoms with Crippen LogP contribution in [0.15, 0.2) is 5.10 Å². The summed E-state index contributed by atoms with van der Waals surface area (Å²) in [7, 11) is 1.36. The number of rotatable bonds is 12. The third-order valence-electron chi connectivity index (χ3n) is 3.28. The van der Waals surface area contributed by atoms with E-state index >= 15 is 0 Å². The number of esters is 1. The van der Waals surface area contributed by atoms with Gasteiger partial charge in [-0.1, -0.05) is 12.8 Å². The van der Waals surface area contributed by atoms with Crippen LogP contribution in [-0.4, -0.2) is 58.8 Å². The summed E-state index contributed by atoms with van der Waals surface area (Å²) in [6.07, 6.45) is 1.76.